The highest BCUT2D eigenvalue weighted by atomic mass is 32.3. The Bertz CT molecular complexity index is 1350. The summed E-state index contributed by atoms with van der Waals surface area (Å²) in [5, 5.41) is 0. The van der Waals surface area contributed by atoms with Crippen LogP contribution < -0.4 is 0 Å². The van der Waals surface area contributed by atoms with Gasteiger partial charge in [0.25, 0.3) is 0 Å². The SMILES string of the molecule is CC(C)c1nc2c(c3c1C(c1ccc(C(F)(F)F)cc1)OC31CCOCC1)C(OS(C)(C)C(C)(C)C)CC1(CCCC1)C2. The minimum Gasteiger partial charge on any atom is -0.381 e. The van der Waals surface area contributed by atoms with Gasteiger partial charge in [0.1, 0.15) is 6.10 Å². The van der Waals surface area contributed by atoms with Gasteiger partial charge in [0.15, 0.2) is 0 Å². The van der Waals surface area contributed by atoms with E-state index in [2.05, 4.69) is 47.1 Å². The number of aromatic nitrogens is 1. The lowest BCUT2D eigenvalue weighted by atomic mass is 9.67. The molecule has 1 aromatic carbocycles. The number of hydrogen-bond acceptors (Lipinski definition) is 4. The minimum atomic E-state index is -4.39. The number of alkyl halides is 3. The quantitative estimate of drug-likeness (QED) is 0.342. The molecular formula is C35H48F3NO3S. The van der Waals surface area contributed by atoms with Crippen LogP contribution in [-0.2, 0) is 31.9 Å². The molecule has 8 heteroatoms. The molecule has 0 N–H and O–H groups in total. The average molecular weight is 620 g/mol. The molecule has 43 heavy (non-hydrogen) atoms. The number of pyridine rings is 1. The maximum Gasteiger partial charge on any atom is 0.416 e. The van der Waals surface area contributed by atoms with Gasteiger partial charge >= 0.3 is 6.18 Å². The number of fused-ring (bicyclic) bond motifs is 4. The number of ether oxygens (including phenoxy) is 2. The van der Waals surface area contributed by atoms with E-state index in [0.717, 1.165) is 35.4 Å². The molecule has 3 heterocycles. The molecule has 4 nitrogen and oxygen atoms in total. The fourth-order valence-corrected chi connectivity index (χ4v) is 8.83. The Balaban J connectivity index is 1.58. The molecule has 0 radical (unpaired) electrons. The van der Waals surface area contributed by atoms with Gasteiger partial charge in [0, 0.05) is 53.3 Å². The van der Waals surface area contributed by atoms with Crippen molar-refractivity contribution in [3.8, 4) is 0 Å². The lowest BCUT2D eigenvalue weighted by Gasteiger charge is -2.50. The molecular weight excluding hydrogens is 571 g/mol. The third-order valence-electron chi connectivity index (χ3n) is 10.8. The number of halogens is 3. The Labute approximate surface area is 257 Å². The zero-order chi connectivity index (χ0) is 31.0. The van der Waals surface area contributed by atoms with Crippen LogP contribution in [-0.4, -0.2) is 35.5 Å². The van der Waals surface area contributed by atoms with Crippen molar-refractivity contribution in [1.29, 1.82) is 0 Å². The first-order valence-corrected chi connectivity index (χ1v) is 18.3. The van der Waals surface area contributed by atoms with Crippen molar-refractivity contribution in [3.05, 3.63) is 63.5 Å². The van der Waals surface area contributed by atoms with Crippen LogP contribution in [0.5, 0.6) is 0 Å². The summed E-state index contributed by atoms with van der Waals surface area (Å²) in [5.41, 5.74) is 5.35. The van der Waals surface area contributed by atoms with Crippen LogP contribution in [0.3, 0.4) is 0 Å². The summed E-state index contributed by atoms with van der Waals surface area (Å²) >= 11 is 0. The van der Waals surface area contributed by atoms with E-state index in [0.29, 0.717) is 26.1 Å². The van der Waals surface area contributed by atoms with E-state index in [1.54, 1.807) is 12.1 Å². The van der Waals surface area contributed by atoms with Gasteiger partial charge in [-0.2, -0.15) is 13.2 Å². The Morgan fingerprint density at radius 2 is 1.58 bits per heavy atom. The summed E-state index contributed by atoms with van der Waals surface area (Å²) in [6.45, 7) is 12.3. The van der Waals surface area contributed by atoms with Gasteiger partial charge in [-0.05, 0) is 72.8 Å². The average Bonchev–Trinajstić information content (AvgIpc) is 3.50. The monoisotopic (exact) mass is 619 g/mol. The molecule has 238 valence electrons. The maximum atomic E-state index is 13.5. The first-order valence-electron chi connectivity index (χ1n) is 16.0. The van der Waals surface area contributed by atoms with Crippen LogP contribution in [0, 0.1) is 5.41 Å². The van der Waals surface area contributed by atoms with Crippen molar-refractivity contribution in [2.24, 2.45) is 5.41 Å². The van der Waals surface area contributed by atoms with Crippen molar-refractivity contribution in [2.75, 3.05) is 25.7 Å². The lowest BCUT2D eigenvalue weighted by Crippen LogP contribution is -2.39. The van der Waals surface area contributed by atoms with Gasteiger partial charge in [-0.3, -0.25) is 4.98 Å². The molecule has 2 spiro atoms. The molecule has 2 fully saturated rings. The molecule has 2 aromatic rings. The van der Waals surface area contributed by atoms with Gasteiger partial charge in [-0.25, -0.2) is 0 Å². The van der Waals surface area contributed by atoms with Crippen LogP contribution in [0.15, 0.2) is 24.3 Å². The summed E-state index contributed by atoms with van der Waals surface area (Å²) in [7, 11) is -1.46. The number of benzene rings is 1. The molecule has 1 saturated carbocycles. The molecule has 2 atom stereocenters. The third-order valence-corrected chi connectivity index (χ3v) is 14.5. The second-order valence-corrected chi connectivity index (χ2v) is 18.9. The molecule has 1 aromatic heterocycles. The van der Waals surface area contributed by atoms with Crippen molar-refractivity contribution < 1.29 is 26.8 Å². The van der Waals surface area contributed by atoms with Crippen molar-refractivity contribution in [1.82, 2.24) is 4.98 Å². The Kier molecular flexibility index (Phi) is 7.84. The van der Waals surface area contributed by atoms with Gasteiger partial charge in [-0.1, -0.05) is 59.6 Å². The zero-order valence-electron chi connectivity index (χ0n) is 26.8. The van der Waals surface area contributed by atoms with Crippen molar-refractivity contribution >= 4 is 10.3 Å². The predicted molar refractivity (Wildman–Crippen MR) is 167 cm³/mol. The van der Waals surface area contributed by atoms with E-state index in [1.165, 1.54) is 48.9 Å². The van der Waals surface area contributed by atoms with Crippen molar-refractivity contribution in [3.63, 3.8) is 0 Å². The smallest absolute Gasteiger partial charge is 0.381 e. The Morgan fingerprint density at radius 3 is 2.14 bits per heavy atom. The van der Waals surface area contributed by atoms with E-state index < -0.39 is 33.8 Å². The highest BCUT2D eigenvalue weighted by molar-refractivity contribution is 8.29. The van der Waals surface area contributed by atoms with E-state index in [-0.39, 0.29) is 22.2 Å². The summed E-state index contributed by atoms with van der Waals surface area (Å²) in [4.78, 5) is 5.49. The summed E-state index contributed by atoms with van der Waals surface area (Å²) in [6, 6.07) is 5.54. The fourth-order valence-electron chi connectivity index (χ4n) is 7.80. The summed E-state index contributed by atoms with van der Waals surface area (Å²) in [5.74, 6) is 0.132. The van der Waals surface area contributed by atoms with Gasteiger partial charge < -0.3 is 13.7 Å². The summed E-state index contributed by atoms with van der Waals surface area (Å²) in [6.07, 6.45) is 7.86. The predicted octanol–water partition coefficient (Wildman–Crippen LogP) is 9.69. The van der Waals surface area contributed by atoms with E-state index >= 15 is 0 Å². The fraction of sp³-hybridized carbons (Fsp3) is 0.686. The van der Waals surface area contributed by atoms with Crippen LogP contribution in [0.1, 0.15) is 137 Å². The zero-order valence-corrected chi connectivity index (χ0v) is 27.6. The largest absolute Gasteiger partial charge is 0.416 e. The molecule has 4 aliphatic rings. The highest BCUT2D eigenvalue weighted by Gasteiger charge is 2.54. The highest BCUT2D eigenvalue weighted by Crippen LogP contribution is 2.64. The molecule has 6 rings (SSSR count). The number of rotatable bonds is 4. The Hall–Kier alpha value is -1.61. The number of hydrogen-bond donors (Lipinski definition) is 0. The van der Waals surface area contributed by atoms with Crippen LogP contribution in [0.4, 0.5) is 13.2 Å². The van der Waals surface area contributed by atoms with Gasteiger partial charge in [-0.15, -0.1) is 10.3 Å². The lowest BCUT2D eigenvalue weighted by molar-refractivity contribution is -0.137. The second kappa shape index (κ2) is 10.7. The standard InChI is InChI=1S/C35H48F3NO3S/c1-22(2)30-28-29(34(16-18-40-19-17-34)41-31(28)23-10-12-24(13-11-23)35(36,37)38)27-25(39-30)20-33(14-8-9-15-33)21-26(27)42-43(6,7)32(3,4)5/h10-13,22,26,31H,8-9,14-21H2,1-7H3. The number of nitrogens with zero attached hydrogens (tertiary/aromatic N) is 1. The molecule has 2 aliphatic carbocycles. The second-order valence-electron chi connectivity index (χ2n) is 15.0. The maximum absolute atomic E-state index is 13.5. The molecule has 0 amide bonds. The van der Waals surface area contributed by atoms with Crippen molar-refractivity contribution in [2.45, 2.75) is 121 Å². The van der Waals surface area contributed by atoms with Crippen LogP contribution in [0.25, 0.3) is 0 Å². The van der Waals surface area contributed by atoms with Gasteiger partial charge in [0.2, 0.25) is 0 Å². The Morgan fingerprint density at radius 1 is 0.953 bits per heavy atom. The van der Waals surface area contributed by atoms with Crippen LogP contribution >= 0.6 is 10.3 Å². The first kappa shape index (κ1) is 31.4. The first-order chi connectivity index (χ1) is 20.1. The molecule has 0 bridgehead atoms. The van der Waals surface area contributed by atoms with E-state index in [1.807, 2.05) is 0 Å². The minimum absolute atomic E-state index is 0.00243. The molecule has 2 unspecified atom stereocenters. The summed E-state index contributed by atoms with van der Waals surface area (Å²) < 4.78 is 60.9. The van der Waals surface area contributed by atoms with Gasteiger partial charge in [0.05, 0.1) is 17.3 Å². The third kappa shape index (κ3) is 5.46. The van der Waals surface area contributed by atoms with Crippen LogP contribution in [0.2, 0.25) is 0 Å². The normalized spacial score (nSPS) is 25.4. The molecule has 2 aliphatic heterocycles. The topological polar surface area (TPSA) is 40.6 Å². The molecule has 1 saturated heterocycles. The van der Waals surface area contributed by atoms with E-state index in [4.69, 9.17) is 18.6 Å². The van der Waals surface area contributed by atoms with E-state index in [9.17, 15) is 13.2 Å².